The van der Waals surface area contributed by atoms with Crippen LogP contribution in [0.15, 0.2) is 95.6 Å². The number of rotatable bonds is 16. The maximum atomic E-state index is 13.9. The molecule has 5 rings (SSSR count). The van der Waals surface area contributed by atoms with Crippen LogP contribution in [-0.2, 0) is 53.3 Å². The Balaban J connectivity index is 0.00000496. The Hall–Kier alpha value is 1.05. The number of benzene rings is 2. The normalized spacial score (nSPS) is 15.0. The van der Waals surface area contributed by atoms with Gasteiger partial charge in [0.1, 0.15) is 25.8 Å². The van der Waals surface area contributed by atoms with Crippen LogP contribution in [0.25, 0.3) is 11.8 Å². The molecule has 1 aromatic heterocycles. The van der Waals surface area contributed by atoms with Gasteiger partial charge in [0.2, 0.25) is 11.8 Å². The standard InChI is InChI=1S/C31H29N7O17S4.4K/c1-32-16-51-29-21(31(42)38(35-29)23-15-19(57-55-53-44)8-12-25(23)59(48,49)50)10-6-17(36-13-3-4-26(36)39)5-9-20-27(28(40)33-2)34-37(30(20)41)22-14-18(56-54-52-43)7-11-24(22)58(45,46)47;;;;/h5-12,14-16,41,43-44H,3-4,13H2,1-2H3,(H,33,40)(H,45,46,47)(H,48,49,50);;;;/q;4*+1/p-4/b9-5?,17-6?,21-10-,32-16?;;;;. The zero-order valence-corrected chi connectivity index (χ0v) is 49.5. The average molecular weight is 1050 g/mol. The molecule has 24 nitrogen and oxygen atoms in total. The van der Waals surface area contributed by atoms with Crippen LogP contribution in [0.3, 0.4) is 0 Å². The molecule has 3 amide bonds. The number of ether oxygens (including phenoxy) is 1. The Labute approximate surface area is 537 Å². The van der Waals surface area contributed by atoms with E-state index in [-0.39, 0.29) is 251 Å². The van der Waals surface area contributed by atoms with Crippen molar-refractivity contribution in [2.45, 2.75) is 32.4 Å². The largest absolute Gasteiger partial charge is 1.00 e. The molecular formula is C31H25K4N7O17S4. The minimum absolute atomic E-state index is 0. The molecule has 1 saturated heterocycles. The average Bonchev–Trinajstić information content (AvgIpc) is 3.87. The van der Waals surface area contributed by atoms with Crippen molar-refractivity contribution >= 4 is 86.1 Å². The number of nitrogens with one attached hydrogen (secondary N) is 1. The number of carbonyl (C=O) groups excluding carboxylic acids is 3. The number of hydrogen-bond donors (Lipinski definition) is 2. The van der Waals surface area contributed by atoms with Crippen LogP contribution < -0.4 is 226 Å². The summed E-state index contributed by atoms with van der Waals surface area (Å²) in [6.45, 7) is 0.153. The predicted octanol–water partition coefficient (Wildman–Crippen LogP) is -12.3. The number of amides is 3. The van der Waals surface area contributed by atoms with Gasteiger partial charge in [-0.05, 0) is 67.1 Å². The Morgan fingerprint density at radius 2 is 1.51 bits per heavy atom. The molecule has 63 heavy (non-hydrogen) atoms. The summed E-state index contributed by atoms with van der Waals surface area (Å²) in [6, 6.07) is 5.85. The topological polar surface area (TPSA) is 339 Å². The van der Waals surface area contributed by atoms with Gasteiger partial charge >= 0.3 is 206 Å². The van der Waals surface area contributed by atoms with Gasteiger partial charge in [-0.2, -0.15) is 23.5 Å². The summed E-state index contributed by atoms with van der Waals surface area (Å²) in [5.41, 5.74) is -2.34. The van der Waals surface area contributed by atoms with Crippen LogP contribution in [0, 0.1) is 0 Å². The van der Waals surface area contributed by atoms with E-state index in [2.05, 4.69) is 39.3 Å². The molecule has 0 radical (unpaired) electrons. The minimum atomic E-state index is -5.25. The first-order valence-corrected chi connectivity index (χ1v) is 20.3. The van der Waals surface area contributed by atoms with E-state index in [0.717, 1.165) is 55.0 Å². The fourth-order valence-electron chi connectivity index (χ4n) is 5.37. The fourth-order valence-corrected chi connectivity index (χ4v) is 7.42. The second-order valence-electron chi connectivity index (χ2n) is 11.3. The van der Waals surface area contributed by atoms with Crippen LogP contribution in [0.5, 0.6) is 5.88 Å². The van der Waals surface area contributed by atoms with E-state index in [1.807, 2.05) is 0 Å². The molecule has 2 N–H and O–H groups in total. The SMILES string of the molecule is CN=COC1=NN(c2cc(SOO[O-])ccc2S(=O)(=O)[O-])C(=O)/C1=C\C=C(C=Cc1c(C(=O)NC)nn(-c2cc(SOO[O-])ccc2S(=O)(=O)[O-])c1O)N1CCCC1=O.[K+].[K+].[K+].[K+]. The van der Waals surface area contributed by atoms with E-state index in [1.165, 1.54) is 31.1 Å². The Bertz CT molecular complexity index is 2560. The number of anilines is 1. The number of hydrogen-bond acceptors (Lipinski definition) is 22. The van der Waals surface area contributed by atoms with Crippen LogP contribution in [0.2, 0.25) is 0 Å². The third kappa shape index (κ3) is 16.0. The number of aliphatic imine (C=N–C) groups is 1. The molecule has 0 spiro atoms. The summed E-state index contributed by atoms with van der Waals surface area (Å²) in [5, 5.41) is 49.6. The van der Waals surface area contributed by atoms with E-state index in [1.54, 1.807) is 0 Å². The molecule has 0 bridgehead atoms. The first kappa shape index (κ1) is 62.1. The van der Waals surface area contributed by atoms with Gasteiger partial charge in [0.05, 0.1) is 50.8 Å². The third-order valence-corrected chi connectivity index (χ3v) is 10.8. The smallest absolute Gasteiger partial charge is 0.744 e. The molecule has 2 aliphatic heterocycles. The minimum Gasteiger partial charge on any atom is -0.744 e. The summed E-state index contributed by atoms with van der Waals surface area (Å²) in [5.74, 6) is -3.68. The number of aromatic hydroxyl groups is 1. The molecule has 32 heteroatoms. The molecule has 1 fully saturated rings. The van der Waals surface area contributed by atoms with Crippen molar-refractivity contribution in [2.75, 3.05) is 25.6 Å². The van der Waals surface area contributed by atoms with Gasteiger partial charge in [0.25, 0.3) is 17.7 Å². The molecular weight excluding hydrogens is 1030 g/mol. The Morgan fingerprint density at radius 3 is 2.02 bits per heavy atom. The molecule has 3 aromatic rings. The summed E-state index contributed by atoms with van der Waals surface area (Å²) < 4.78 is 87.6. The van der Waals surface area contributed by atoms with Gasteiger partial charge in [-0.25, -0.2) is 16.8 Å². The van der Waals surface area contributed by atoms with Crippen LogP contribution in [0.1, 0.15) is 28.9 Å². The zero-order chi connectivity index (χ0) is 43.1. The Kier molecular flexibility index (Phi) is 28.2. The predicted molar refractivity (Wildman–Crippen MR) is 194 cm³/mol. The maximum Gasteiger partial charge on any atom is 1.00 e. The number of aromatic nitrogens is 2. The van der Waals surface area contributed by atoms with Crippen molar-refractivity contribution in [3.05, 3.63) is 77.2 Å². The third-order valence-electron chi connectivity index (χ3n) is 7.85. The zero-order valence-electron chi connectivity index (χ0n) is 33.8. The molecule has 0 aliphatic carbocycles. The van der Waals surface area contributed by atoms with Gasteiger partial charge in [0, 0.05) is 42.5 Å². The summed E-state index contributed by atoms with van der Waals surface area (Å²) >= 11 is 0.640. The van der Waals surface area contributed by atoms with Crippen molar-refractivity contribution in [1.29, 1.82) is 0 Å². The number of hydrazone groups is 1. The van der Waals surface area contributed by atoms with Gasteiger partial charge in [0.15, 0.2) is 12.1 Å². The van der Waals surface area contributed by atoms with Crippen molar-refractivity contribution in [3.8, 4) is 11.6 Å². The second-order valence-corrected chi connectivity index (χ2v) is 15.6. The van der Waals surface area contributed by atoms with Crippen LogP contribution >= 0.6 is 24.1 Å². The molecule has 0 unspecified atom stereocenters. The van der Waals surface area contributed by atoms with E-state index in [4.69, 9.17) is 4.74 Å². The first-order valence-electron chi connectivity index (χ1n) is 16.0. The van der Waals surface area contributed by atoms with E-state index in [0.29, 0.717) is 40.2 Å². The van der Waals surface area contributed by atoms with Crippen molar-refractivity contribution in [2.24, 2.45) is 10.1 Å². The Morgan fingerprint density at radius 1 is 0.937 bits per heavy atom. The van der Waals surface area contributed by atoms with Crippen molar-refractivity contribution < 1.29 is 285 Å². The van der Waals surface area contributed by atoms with Gasteiger partial charge < -0.3 is 39.7 Å². The molecule has 0 saturated carbocycles. The first-order chi connectivity index (χ1) is 28.0. The number of nitrogens with zero attached hydrogens (tertiary/aromatic N) is 6. The monoisotopic (exact) mass is 1050 g/mol. The molecule has 2 aromatic carbocycles. The summed E-state index contributed by atoms with van der Waals surface area (Å²) in [6.07, 6.45) is 6.10. The summed E-state index contributed by atoms with van der Waals surface area (Å²) in [7, 11) is -7.94. The second kappa shape index (κ2) is 28.6. The number of allylic oxidation sites excluding steroid dienone is 3. The molecule has 3 heterocycles. The van der Waals surface area contributed by atoms with Crippen molar-refractivity contribution in [3.63, 3.8) is 0 Å². The fraction of sp³-hybridized carbons (Fsp3) is 0.161. The number of likely N-dealkylation sites (tertiary alicyclic amines) is 1. The van der Waals surface area contributed by atoms with Crippen molar-refractivity contribution in [1.82, 2.24) is 20.0 Å². The van der Waals surface area contributed by atoms with Crippen LogP contribution in [-0.4, -0.2) is 96.4 Å². The maximum absolute atomic E-state index is 13.9. The van der Waals surface area contributed by atoms with Gasteiger partial charge in [-0.3, -0.25) is 29.5 Å². The molecule has 314 valence electrons. The van der Waals surface area contributed by atoms with Gasteiger partial charge in [-0.15, -0.1) is 5.10 Å². The van der Waals surface area contributed by atoms with E-state index >= 15 is 0 Å². The number of carbonyl (C=O) groups is 3. The molecule has 2 aliphatic rings. The quantitative estimate of drug-likeness (QED) is 0.0155. The molecule has 0 atom stereocenters. The van der Waals surface area contributed by atoms with E-state index < -0.39 is 70.7 Å². The van der Waals surface area contributed by atoms with Crippen LogP contribution in [0.4, 0.5) is 5.69 Å². The van der Waals surface area contributed by atoms with E-state index in [9.17, 15) is 55.9 Å². The van der Waals surface area contributed by atoms with Gasteiger partial charge in [-0.1, -0.05) is 0 Å². The summed E-state index contributed by atoms with van der Waals surface area (Å²) in [4.78, 5) is 43.0.